The fourth-order valence-corrected chi connectivity index (χ4v) is 3.12. The van der Waals surface area contributed by atoms with Crippen LogP contribution in [0.25, 0.3) is 0 Å². The van der Waals surface area contributed by atoms with Gasteiger partial charge in [0.2, 0.25) is 0 Å². The number of hydrogen-bond acceptors (Lipinski definition) is 2. The van der Waals surface area contributed by atoms with Gasteiger partial charge >= 0.3 is 0 Å². The number of hydrogen-bond donors (Lipinski definition) is 1. The van der Waals surface area contributed by atoms with Crippen LogP contribution in [0.4, 0.5) is 0 Å². The smallest absolute Gasteiger partial charge is 0.127 e. The van der Waals surface area contributed by atoms with Crippen LogP contribution in [0, 0.1) is 0 Å². The predicted octanol–water partition coefficient (Wildman–Crippen LogP) is 4.05. The van der Waals surface area contributed by atoms with Crippen molar-refractivity contribution in [1.29, 1.82) is 0 Å². The molecule has 0 saturated heterocycles. The minimum Gasteiger partial charge on any atom is -0.379 e. The van der Waals surface area contributed by atoms with Crippen molar-refractivity contribution < 1.29 is 5.11 Å². The van der Waals surface area contributed by atoms with Gasteiger partial charge in [0.25, 0.3) is 0 Å². The Balaban J connectivity index is 1.88. The third-order valence-electron chi connectivity index (χ3n) is 4.30. The van der Waals surface area contributed by atoms with Crippen molar-refractivity contribution in [2.24, 2.45) is 0 Å². The number of benzene rings is 3. The first-order valence-corrected chi connectivity index (χ1v) is 8.24. The summed E-state index contributed by atoms with van der Waals surface area (Å²) < 4.78 is 0. The summed E-state index contributed by atoms with van der Waals surface area (Å²) in [5, 5.41) is 11.6. The Bertz CT molecular complexity index is 701. The minimum atomic E-state index is -1.04. The summed E-state index contributed by atoms with van der Waals surface area (Å²) in [7, 11) is 2.05. The largest absolute Gasteiger partial charge is 0.379 e. The molecule has 0 bridgehead atoms. The van der Waals surface area contributed by atoms with Gasteiger partial charge in [-0.3, -0.25) is 4.90 Å². The molecule has 3 aromatic rings. The fraction of sp³-hybridized carbons (Fsp3) is 0.182. The molecule has 0 aliphatic rings. The molecule has 0 spiro atoms. The van der Waals surface area contributed by atoms with Crippen LogP contribution in [0.15, 0.2) is 91.0 Å². The zero-order valence-electron chi connectivity index (χ0n) is 14.0. The van der Waals surface area contributed by atoms with Crippen molar-refractivity contribution in [3.05, 3.63) is 108 Å². The van der Waals surface area contributed by atoms with Gasteiger partial charge in [0.1, 0.15) is 5.60 Å². The lowest BCUT2D eigenvalue weighted by atomic mass is 9.86. The first kappa shape index (κ1) is 16.4. The molecule has 0 radical (unpaired) electrons. The van der Waals surface area contributed by atoms with E-state index in [1.807, 2.05) is 85.9 Å². The number of aliphatic hydroxyl groups is 1. The van der Waals surface area contributed by atoms with E-state index in [4.69, 9.17) is 0 Å². The van der Waals surface area contributed by atoms with Crippen LogP contribution < -0.4 is 0 Å². The van der Waals surface area contributed by atoms with Gasteiger partial charge in [-0.1, -0.05) is 91.0 Å². The highest BCUT2D eigenvalue weighted by Gasteiger charge is 2.32. The van der Waals surface area contributed by atoms with Gasteiger partial charge in [0.15, 0.2) is 0 Å². The molecule has 24 heavy (non-hydrogen) atoms. The molecule has 0 aromatic heterocycles. The molecule has 1 N–H and O–H groups in total. The normalized spacial score (nSPS) is 11.6. The first-order chi connectivity index (χ1) is 11.7. The maximum Gasteiger partial charge on any atom is 0.127 e. The molecule has 3 aromatic carbocycles. The maximum absolute atomic E-state index is 11.6. The lowest BCUT2D eigenvalue weighted by Gasteiger charge is -2.33. The number of likely N-dealkylation sites (N-methyl/N-ethyl adjacent to an activating group) is 1. The Kier molecular flexibility index (Phi) is 5.09. The molecule has 0 aliphatic carbocycles. The molecule has 0 saturated carbocycles. The predicted molar refractivity (Wildman–Crippen MR) is 98.7 cm³/mol. The zero-order valence-corrected chi connectivity index (χ0v) is 14.0. The lowest BCUT2D eigenvalue weighted by Crippen LogP contribution is -2.40. The van der Waals surface area contributed by atoms with Crippen LogP contribution in [-0.2, 0) is 12.1 Å². The highest BCUT2D eigenvalue weighted by molar-refractivity contribution is 5.36. The van der Waals surface area contributed by atoms with Crippen molar-refractivity contribution in [2.45, 2.75) is 12.1 Å². The Morgan fingerprint density at radius 2 is 1.12 bits per heavy atom. The molecule has 0 fully saturated rings. The Morgan fingerprint density at radius 3 is 1.58 bits per heavy atom. The Morgan fingerprint density at radius 1 is 0.708 bits per heavy atom. The van der Waals surface area contributed by atoms with Gasteiger partial charge in [-0.15, -0.1) is 0 Å². The molecule has 0 unspecified atom stereocenters. The molecule has 0 amide bonds. The Labute approximate surface area is 144 Å². The van der Waals surface area contributed by atoms with Gasteiger partial charge in [0.05, 0.1) is 0 Å². The monoisotopic (exact) mass is 317 g/mol. The lowest BCUT2D eigenvalue weighted by molar-refractivity contribution is 0.0418. The van der Waals surface area contributed by atoms with E-state index in [9.17, 15) is 5.11 Å². The van der Waals surface area contributed by atoms with Crippen LogP contribution in [0.5, 0.6) is 0 Å². The maximum atomic E-state index is 11.6. The van der Waals surface area contributed by atoms with Crippen molar-refractivity contribution in [1.82, 2.24) is 4.90 Å². The molecule has 2 heteroatoms. The molecule has 0 atom stereocenters. The van der Waals surface area contributed by atoms with E-state index in [0.717, 1.165) is 17.7 Å². The molecular formula is C22H23NO. The summed E-state index contributed by atoms with van der Waals surface area (Å²) in [5.41, 5.74) is 2.03. The summed E-state index contributed by atoms with van der Waals surface area (Å²) in [5.74, 6) is 0. The molecule has 122 valence electrons. The molecule has 0 aliphatic heterocycles. The topological polar surface area (TPSA) is 23.5 Å². The van der Waals surface area contributed by atoms with Crippen molar-refractivity contribution in [2.75, 3.05) is 13.6 Å². The van der Waals surface area contributed by atoms with Crippen molar-refractivity contribution in [3.63, 3.8) is 0 Å². The van der Waals surface area contributed by atoms with E-state index in [1.54, 1.807) is 0 Å². The Hall–Kier alpha value is -2.42. The van der Waals surface area contributed by atoms with Crippen LogP contribution in [0.2, 0.25) is 0 Å². The second-order valence-electron chi connectivity index (χ2n) is 6.25. The van der Waals surface area contributed by atoms with Gasteiger partial charge in [-0.2, -0.15) is 0 Å². The first-order valence-electron chi connectivity index (χ1n) is 8.24. The third kappa shape index (κ3) is 3.73. The average molecular weight is 317 g/mol. The average Bonchev–Trinajstić information content (AvgIpc) is 2.64. The third-order valence-corrected chi connectivity index (χ3v) is 4.30. The molecule has 3 rings (SSSR count). The quantitative estimate of drug-likeness (QED) is 0.741. The van der Waals surface area contributed by atoms with Crippen LogP contribution in [0.3, 0.4) is 0 Å². The van der Waals surface area contributed by atoms with Gasteiger partial charge < -0.3 is 5.11 Å². The van der Waals surface area contributed by atoms with Crippen molar-refractivity contribution in [3.8, 4) is 0 Å². The van der Waals surface area contributed by atoms with Crippen LogP contribution in [0.1, 0.15) is 16.7 Å². The molecular weight excluding hydrogens is 294 g/mol. The SMILES string of the molecule is CN(Cc1ccccc1)CC(O)(c1ccccc1)c1ccccc1. The van der Waals surface area contributed by atoms with E-state index >= 15 is 0 Å². The van der Waals surface area contributed by atoms with E-state index in [2.05, 4.69) is 17.0 Å². The molecule has 0 heterocycles. The van der Waals surface area contributed by atoms with Crippen LogP contribution in [-0.4, -0.2) is 23.6 Å². The highest BCUT2D eigenvalue weighted by Crippen LogP contribution is 2.30. The van der Waals surface area contributed by atoms with E-state index in [-0.39, 0.29) is 0 Å². The summed E-state index contributed by atoms with van der Waals surface area (Å²) in [6.45, 7) is 1.32. The van der Waals surface area contributed by atoms with Gasteiger partial charge in [-0.05, 0) is 23.7 Å². The summed E-state index contributed by atoms with van der Waals surface area (Å²) in [4.78, 5) is 2.16. The fourth-order valence-electron chi connectivity index (χ4n) is 3.12. The minimum absolute atomic E-state index is 0.524. The highest BCUT2D eigenvalue weighted by atomic mass is 16.3. The summed E-state index contributed by atoms with van der Waals surface area (Å²) >= 11 is 0. The van der Waals surface area contributed by atoms with Gasteiger partial charge in [-0.25, -0.2) is 0 Å². The van der Waals surface area contributed by atoms with Crippen LogP contribution >= 0.6 is 0 Å². The van der Waals surface area contributed by atoms with E-state index < -0.39 is 5.60 Å². The van der Waals surface area contributed by atoms with E-state index in [0.29, 0.717) is 6.54 Å². The number of rotatable bonds is 6. The second kappa shape index (κ2) is 7.43. The standard InChI is InChI=1S/C22H23NO/c1-23(17-19-11-5-2-6-12-19)18-22(24,20-13-7-3-8-14-20)21-15-9-4-10-16-21/h2-16,24H,17-18H2,1H3. The van der Waals surface area contributed by atoms with E-state index in [1.165, 1.54) is 5.56 Å². The summed E-state index contributed by atoms with van der Waals surface area (Å²) in [6, 6.07) is 30.1. The van der Waals surface area contributed by atoms with Gasteiger partial charge in [0, 0.05) is 13.1 Å². The number of nitrogens with zero attached hydrogens (tertiary/aromatic N) is 1. The molecule has 2 nitrogen and oxygen atoms in total. The van der Waals surface area contributed by atoms with Crippen molar-refractivity contribution >= 4 is 0 Å². The second-order valence-corrected chi connectivity index (χ2v) is 6.25. The summed E-state index contributed by atoms with van der Waals surface area (Å²) in [6.07, 6.45) is 0. The zero-order chi connectivity index (χ0) is 16.8.